The van der Waals surface area contributed by atoms with Gasteiger partial charge in [-0.05, 0) is 26.2 Å². The molecule has 0 aromatic heterocycles. The smallest absolute Gasteiger partial charge is 0.329 e. The van der Waals surface area contributed by atoms with Crippen LogP contribution in [0, 0.1) is 0 Å². The molecule has 1 unspecified atom stereocenters. The molecule has 5 nitrogen and oxygen atoms in total. The molecule has 0 bridgehead atoms. The quantitative estimate of drug-likeness (QED) is 0.702. The van der Waals surface area contributed by atoms with E-state index in [1.165, 1.54) is 4.90 Å². The highest BCUT2D eigenvalue weighted by Crippen LogP contribution is 2.29. The fraction of sp³-hybridized carbons (Fsp3) is 0.800. The van der Waals surface area contributed by atoms with Gasteiger partial charge >= 0.3 is 5.97 Å². The zero-order chi connectivity index (χ0) is 11.6. The van der Waals surface area contributed by atoms with Crippen molar-refractivity contribution in [2.24, 2.45) is 5.73 Å². The molecule has 1 aliphatic rings. The first-order chi connectivity index (χ1) is 6.93. The second-order valence-electron chi connectivity index (χ2n) is 4.19. The first-order valence-electron chi connectivity index (χ1n) is 5.24. The average Bonchev–Trinajstić information content (AvgIpc) is 2.59. The molecule has 0 aliphatic carbocycles. The topological polar surface area (TPSA) is 83.6 Å². The molecule has 1 fully saturated rings. The van der Waals surface area contributed by atoms with E-state index in [0.29, 0.717) is 19.4 Å². The SMILES string of the molecule is CC[C@@H](N)C(=O)N1CCCC1(C)C(=O)O. The van der Waals surface area contributed by atoms with Crippen LogP contribution in [0.5, 0.6) is 0 Å². The molecule has 1 heterocycles. The zero-order valence-electron chi connectivity index (χ0n) is 9.19. The summed E-state index contributed by atoms with van der Waals surface area (Å²) >= 11 is 0. The van der Waals surface area contributed by atoms with Crippen molar-refractivity contribution in [3.8, 4) is 0 Å². The van der Waals surface area contributed by atoms with E-state index < -0.39 is 17.6 Å². The minimum atomic E-state index is -1.07. The standard InChI is InChI=1S/C10H18N2O3/c1-3-7(11)8(13)12-6-4-5-10(12,2)9(14)15/h7H,3-6,11H2,1-2H3,(H,14,15)/t7-,10?/m1/s1. The lowest BCUT2D eigenvalue weighted by Gasteiger charge is -2.32. The van der Waals surface area contributed by atoms with Crippen LogP contribution >= 0.6 is 0 Å². The Kier molecular flexibility index (Phi) is 3.34. The molecule has 0 aromatic rings. The summed E-state index contributed by atoms with van der Waals surface area (Å²) in [7, 11) is 0. The van der Waals surface area contributed by atoms with E-state index in [9.17, 15) is 9.59 Å². The number of rotatable bonds is 3. The second-order valence-corrected chi connectivity index (χ2v) is 4.19. The number of nitrogens with zero attached hydrogens (tertiary/aromatic N) is 1. The Morgan fingerprint density at radius 2 is 2.20 bits per heavy atom. The van der Waals surface area contributed by atoms with Gasteiger partial charge in [0.25, 0.3) is 0 Å². The molecule has 0 aromatic carbocycles. The molecule has 1 amide bonds. The largest absolute Gasteiger partial charge is 0.480 e. The number of nitrogens with two attached hydrogens (primary N) is 1. The van der Waals surface area contributed by atoms with E-state index in [2.05, 4.69) is 0 Å². The third-order valence-electron chi connectivity index (χ3n) is 3.12. The van der Waals surface area contributed by atoms with Gasteiger partial charge in [-0.2, -0.15) is 0 Å². The summed E-state index contributed by atoms with van der Waals surface area (Å²) < 4.78 is 0. The third-order valence-corrected chi connectivity index (χ3v) is 3.12. The minimum Gasteiger partial charge on any atom is -0.480 e. The maximum atomic E-state index is 11.8. The number of carboxylic acid groups (broad SMARTS) is 1. The fourth-order valence-electron chi connectivity index (χ4n) is 1.91. The monoisotopic (exact) mass is 214 g/mol. The summed E-state index contributed by atoms with van der Waals surface area (Å²) in [6.45, 7) is 3.90. The zero-order valence-corrected chi connectivity index (χ0v) is 9.19. The van der Waals surface area contributed by atoms with E-state index in [4.69, 9.17) is 10.8 Å². The lowest BCUT2D eigenvalue weighted by Crippen LogP contribution is -2.55. The normalized spacial score (nSPS) is 27.8. The molecule has 2 atom stereocenters. The molecule has 15 heavy (non-hydrogen) atoms. The Hall–Kier alpha value is -1.10. The van der Waals surface area contributed by atoms with Crippen molar-refractivity contribution in [3.05, 3.63) is 0 Å². The van der Waals surface area contributed by atoms with Crippen LogP contribution in [-0.4, -0.2) is 40.0 Å². The van der Waals surface area contributed by atoms with Crippen molar-refractivity contribution in [3.63, 3.8) is 0 Å². The summed E-state index contributed by atoms with van der Waals surface area (Å²) in [5, 5.41) is 9.11. The highest BCUT2D eigenvalue weighted by molar-refractivity contribution is 5.89. The van der Waals surface area contributed by atoms with Crippen LogP contribution in [-0.2, 0) is 9.59 Å². The molecular formula is C10H18N2O3. The van der Waals surface area contributed by atoms with Crippen molar-refractivity contribution in [2.75, 3.05) is 6.54 Å². The van der Waals surface area contributed by atoms with Gasteiger partial charge in [0.2, 0.25) is 5.91 Å². The molecule has 1 rings (SSSR count). The Bertz CT molecular complexity index is 280. The van der Waals surface area contributed by atoms with Gasteiger partial charge in [0.1, 0.15) is 5.54 Å². The summed E-state index contributed by atoms with van der Waals surface area (Å²) in [6.07, 6.45) is 1.76. The van der Waals surface area contributed by atoms with Gasteiger partial charge in [-0.25, -0.2) is 4.79 Å². The van der Waals surface area contributed by atoms with Crippen molar-refractivity contribution >= 4 is 11.9 Å². The van der Waals surface area contributed by atoms with Gasteiger partial charge in [-0.1, -0.05) is 6.92 Å². The highest BCUT2D eigenvalue weighted by atomic mass is 16.4. The van der Waals surface area contributed by atoms with Gasteiger partial charge in [-0.3, -0.25) is 4.79 Å². The maximum Gasteiger partial charge on any atom is 0.329 e. The predicted octanol–water partition coefficient (Wildman–Crippen LogP) is 0.189. The van der Waals surface area contributed by atoms with Crippen LogP contribution in [0.15, 0.2) is 0 Å². The van der Waals surface area contributed by atoms with Crippen LogP contribution in [0.3, 0.4) is 0 Å². The Morgan fingerprint density at radius 3 is 2.67 bits per heavy atom. The van der Waals surface area contributed by atoms with Crippen molar-refractivity contribution in [1.29, 1.82) is 0 Å². The van der Waals surface area contributed by atoms with Crippen molar-refractivity contribution in [2.45, 2.75) is 44.7 Å². The van der Waals surface area contributed by atoms with Crippen LogP contribution < -0.4 is 5.73 Å². The predicted molar refractivity (Wildman–Crippen MR) is 55.3 cm³/mol. The molecule has 0 saturated carbocycles. The van der Waals surface area contributed by atoms with E-state index in [1.807, 2.05) is 6.92 Å². The van der Waals surface area contributed by atoms with Gasteiger partial charge in [0.05, 0.1) is 6.04 Å². The first kappa shape index (κ1) is 12.0. The maximum absolute atomic E-state index is 11.8. The molecule has 86 valence electrons. The average molecular weight is 214 g/mol. The summed E-state index contributed by atoms with van der Waals surface area (Å²) in [5.74, 6) is -1.20. The molecular weight excluding hydrogens is 196 g/mol. The molecule has 3 N–H and O–H groups in total. The number of aliphatic carboxylic acids is 1. The van der Waals surface area contributed by atoms with E-state index in [-0.39, 0.29) is 5.91 Å². The summed E-state index contributed by atoms with van der Waals surface area (Å²) in [4.78, 5) is 24.4. The highest BCUT2D eigenvalue weighted by Gasteiger charge is 2.46. The van der Waals surface area contributed by atoms with Crippen LogP contribution in [0.25, 0.3) is 0 Å². The number of carbonyl (C=O) groups is 2. The number of hydrogen-bond acceptors (Lipinski definition) is 3. The first-order valence-corrected chi connectivity index (χ1v) is 5.24. The Balaban J connectivity index is 2.86. The minimum absolute atomic E-state index is 0.250. The molecule has 0 spiro atoms. The van der Waals surface area contributed by atoms with E-state index >= 15 is 0 Å². The summed E-state index contributed by atoms with van der Waals surface area (Å²) in [6, 6.07) is -0.582. The third kappa shape index (κ3) is 1.97. The Labute approximate surface area is 89.2 Å². The van der Waals surface area contributed by atoms with Crippen LogP contribution in [0.1, 0.15) is 33.1 Å². The second kappa shape index (κ2) is 4.18. The van der Waals surface area contributed by atoms with Gasteiger partial charge < -0.3 is 15.7 Å². The number of likely N-dealkylation sites (tertiary alicyclic amines) is 1. The molecule has 0 radical (unpaired) electrons. The van der Waals surface area contributed by atoms with E-state index in [0.717, 1.165) is 6.42 Å². The lowest BCUT2D eigenvalue weighted by atomic mass is 9.98. The Morgan fingerprint density at radius 1 is 1.60 bits per heavy atom. The molecule has 1 aliphatic heterocycles. The van der Waals surface area contributed by atoms with E-state index in [1.54, 1.807) is 6.92 Å². The van der Waals surface area contributed by atoms with Crippen LogP contribution in [0.2, 0.25) is 0 Å². The number of amides is 1. The van der Waals surface area contributed by atoms with Crippen molar-refractivity contribution < 1.29 is 14.7 Å². The lowest BCUT2D eigenvalue weighted by molar-refractivity contribution is -0.155. The fourth-order valence-corrected chi connectivity index (χ4v) is 1.91. The van der Waals surface area contributed by atoms with Gasteiger partial charge in [0, 0.05) is 6.54 Å². The van der Waals surface area contributed by atoms with Crippen LogP contribution in [0.4, 0.5) is 0 Å². The van der Waals surface area contributed by atoms with Crippen molar-refractivity contribution in [1.82, 2.24) is 4.90 Å². The number of carbonyl (C=O) groups excluding carboxylic acids is 1. The number of carboxylic acids is 1. The van der Waals surface area contributed by atoms with Gasteiger partial charge in [-0.15, -0.1) is 0 Å². The molecule has 5 heteroatoms. The molecule has 1 saturated heterocycles. The number of hydrogen-bond donors (Lipinski definition) is 2. The summed E-state index contributed by atoms with van der Waals surface area (Å²) in [5.41, 5.74) is 4.57. The van der Waals surface area contributed by atoms with Gasteiger partial charge in [0.15, 0.2) is 0 Å².